The third-order valence-electron chi connectivity index (χ3n) is 2.45. The molecule has 1 amide bonds. The first-order chi connectivity index (χ1) is 7.03. The predicted octanol–water partition coefficient (Wildman–Crippen LogP) is 0.142. The zero-order chi connectivity index (χ0) is 11.1. The van der Waals surface area contributed by atoms with Crippen molar-refractivity contribution in [2.24, 2.45) is 5.73 Å². The first-order valence-electron chi connectivity index (χ1n) is 4.43. The molecule has 0 aliphatic carbocycles. The van der Waals surface area contributed by atoms with Gasteiger partial charge in [0.05, 0.1) is 18.8 Å². The van der Waals surface area contributed by atoms with E-state index in [4.69, 9.17) is 10.5 Å². The van der Waals surface area contributed by atoms with Crippen molar-refractivity contribution >= 4 is 5.91 Å². The quantitative estimate of drug-likeness (QED) is 0.731. The molecular formula is C10H10FNO3. The molecule has 4 nitrogen and oxygen atoms in total. The van der Waals surface area contributed by atoms with E-state index in [1.807, 2.05) is 0 Å². The second-order valence-corrected chi connectivity index (χ2v) is 3.58. The van der Waals surface area contributed by atoms with Crippen LogP contribution in [0.15, 0.2) is 18.2 Å². The number of ether oxygens (including phenoxy) is 1. The monoisotopic (exact) mass is 211 g/mol. The van der Waals surface area contributed by atoms with Crippen molar-refractivity contribution in [1.82, 2.24) is 0 Å². The molecule has 3 N–H and O–H groups in total. The van der Waals surface area contributed by atoms with Crippen molar-refractivity contribution in [3.63, 3.8) is 0 Å². The Kier molecular flexibility index (Phi) is 2.21. The Hall–Kier alpha value is -1.46. The van der Waals surface area contributed by atoms with Crippen LogP contribution < -0.4 is 5.73 Å². The lowest BCUT2D eigenvalue weighted by Gasteiger charge is -2.36. The van der Waals surface area contributed by atoms with E-state index < -0.39 is 17.3 Å². The minimum Gasteiger partial charge on any atom is -0.380 e. The zero-order valence-electron chi connectivity index (χ0n) is 7.87. The maximum atomic E-state index is 13.1. The first kappa shape index (κ1) is 10.1. The second-order valence-electron chi connectivity index (χ2n) is 3.58. The van der Waals surface area contributed by atoms with Gasteiger partial charge in [0.1, 0.15) is 11.4 Å². The van der Waals surface area contributed by atoms with Gasteiger partial charge in [-0.3, -0.25) is 4.79 Å². The summed E-state index contributed by atoms with van der Waals surface area (Å²) in [4.78, 5) is 10.9. The summed E-state index contributed by atoms with van der Waals surface area (Å²) in [6.07, 6.45) is 0. The van der Waals surface area contributed by atoms with E-state index >= 15 is 0 Å². The highest BCUT2D eigenvalue weighted by Crippen LogP contribution is 2.30. The largest absolute Gasteiger partial charge is 0.380 e. The molecule has 0 unspecified atom stereocenters. The third kappa shape index (κ3) is 1.60. The van der Waals surface area contributed by atoms with Gasteiger partial charge < -0.3 is 15.6 Å². The molecule has 5 heteroatoms. The lowest BCUT2D eigenvalue weighted by molar-refractivity contribution is -0.184. The number of carbonyl (C=O) groups is 1. The van der Waals surface area contributed by atoms with E-state index in [2.05, 4.69) is 0 Å². The average molecular weight is 211 g/mol. The molecule has 15 heavy (non-hydrogen) atoms. The maximum Gasteiger partial charge on any atom is 0.251 e. The lowest BCUT2D eigenvalue weighted by atomic mass is 9.91. The van der Waals surface area contributed by atoms with Gasteiger partial charge in [-0.15, -0.1) is 0 Å². The summed E-state index contributed by atoms with van der Waals surface area (Å²) in [6, 6.07) is 3.80. The highest BCUT2D eigenvalue weighted by Gasteiger charge is 2.38. The Balaban J connectivity index is 2.42. The van der Waals surface area contributed by atoms with E-state index in [1.165, 1.54) is 12.1 Å². The number of hydrogen-bond donors (Lipinski definition) is 2. The average Bonchev–Trinajstić information content (AvgIpc) is 2.14. The maximum absolute atomic E-state index is 13.1. The van der Waals surface area contributed by atoms with E-state index in [-0.39, 0.29) is 18.8 Å². The molecule has 0 atom stereocenters. The van der Waals surface area contributed by atoms with Crippen LogP contribution in [0.4, 0.5) is 4.39 Å². The molecule has 80 valence electrons. The molecule has 1 aliphatic heterocycles. The highest BCUT2D eigenvalue weighted by molar-refractivity contribution is 5.93. The highest BCUT2D eigenvalue weighted by atomic mass is 19.1. The van der Waals surface area contributed by atoms with Crippen LogP contribution in [0.25, 0.3) is 0 Å². The number of carbonyl (C=O) groups excluding carboxylic acids is 1. The Labute approximate surface area is 85.5 Å². The van der Waals surface area contributed by atoms with E-state index in [9.17, 15) is 14.3 Å². The topological polar surface area (TPSA) is 72.6 Å². The van der Waals surface area contributed by atoms with Crippen LogP contribution in [-0.4, -0.2) is 24.2 Å². The van der Waals surface area contributed by atoms with Crippen molar-refractivity contribution in [2.75, 3.05) is 13.2 Å². The molecule has 0 saturated carbocycles. The number of primary amides is 1. The fraction of sp³-hybridized carbons (Fsp3) is 0.300. The van der Waals surface area contributed by atoms with Gasteiger partial charge in [0.2, 0.25) is 0 Å². The molecule has 0 bridgehead atoms. The van der Waals surface area contributed by atoms with Gasteiger partial charge >= 0.3 is 0 Å². The van der Waals surface area contributed by atoms with Crippen LogP contribution in [-0.2, 0) is 10.3 Å². The summed E-state index contributed by atoms with van der Waals surface area (Å²) in [5.74, 6) is -1.53. The number of hydrogen-bond acceptors (Lipinski definition) is 3. The normalized spacial score (nSPS) is 18.3. The van der Waals surface area contributed by atoms with Crippen LogP contribution in [0.3, 0.4) is 0 Å². The summed E-state index contributed by atoms with van der Waals surface area (Å²) in [7, 11) is 0. The van der Waals surface area contributed by atoms with Gasteiger partial charge in [0.25, 0.3) is 5.91 Å². The summed E-state index contributed by atoms with van der Waals surface area (Å²) < 4.78 is 18.0. The van der Waals surface area contributed by atoms with Crippen molar-refractivity contribution in [3.05, 3.63) is 35.1 Å². The van der Waals surface area contributed by atoms with Gasteiger partial charge in [-0.25, -0.2) is 4.39 Å². The van der Waals surface area contributed by atoms with Crippen LogP contribution in [0, 0.1) is 5.82 Å². The Morgan fingerprint density at radius 2 is 2.20 bits per heavy atom. The minimum atomic E-state index is -1.11. The van der Waals surface area contributed by atoms with Crippen LogP contribution in [0.5, 0.6) is 0 Å². The Bertz CT molecular complexity index is 415. The SMILES string of the molecule is NC(=O)c1cc(C2(O)COC2)ccc1F. The molecule has 1 aromatic carbocycles. The fourth-order valence-corrected chi connectivity index (χ4v) is 1.47. The molecule has 1 fully saturated rings. The number of rotatable bonds is 2. The number of nitrogens with two attached hydrogens (primary N) is 1. The van der Waals surface area contributed by atoms with E-state index in [0.29, 0.717) is 5.56 Å². The van der Waals surface area contributed by atoms with Crippen molar-refractivity contribution in [2.45, 2.75) is 5.60 Å². The summed E-state index contributed by atoms with van der Waals surface area (Å²) in [5, 5.41) is 9.88. The third-order valence-corrected chi connectivity index (χ3v) is 2.45. The summed E-state index contributed by atoms with van der Waals surface area (Å²) >= 11 is 0. The molecule has 1 aromatic rings. The molecular weight excluding hydrogens is 201 g/mol. The second kappa shape index (κ2) is 3.29. The molecule has 0 aromatic heterocycles. The number of benzene rings is 1. The Morgan fingerprint density at radius 3 is 2.67 bits per heavy atom. The van der Waals surface area contributed by atoms with Gasteiger partial charge in [-0.05, 0) is 17.7 Å². The van der Waals surface area contributed by atoms with Crippen LogP contribution in [0.2, 0.25) is 0 Å². The van der Waals surface area contributed by atoms with Crippen molar-refractivity contribution < 1.29 is 19.0 Å². The molecule has 0 radical (unpaired) electrons. The first-order valence-corrected chi connectivity index (χ1v) is 4.43. The van der Waals surface area contributed by atoms with Gasteiger partial charge in [0.15, 0.2) is 0 Å². The molecule has 1 saturated heterocycles. The fourth-order valence-electron chi connectivity index (χ4n) is 1.47. The lowest BCUT2D eigenvalue weighted by Crippen LogP contribution is -2.46. The van der Waals surface area contributed by atoms with Crippen LogP contribution in [0.1, 0.15) is 15.9 Å². The molecule has 0 spiro atoms. The van der Waals surface area contributed by atoms with Gasteiger partial charge in [-0.2, -0.15) is 0 Å². The molecule has 1 heterocycles. The molecule has 1 aliphatic rings. The number of aliphatic hydroxyl groups is 1. The number of halogens is 1. The standard InChI is InChI=1S/C10H10FNO3/c11-8-2-1-6(3-7(8)9(12)13)10(14)4-15-5-10/h1-3,14H,4-5H2,(H2,12,13). The Morgan fingerprint density at radius 1 is 1.53 bits per heavy atom. The van der Waals surface area contributed by atoms with Crippen LogP contribution >= 0.6 is 0 Å². The zero-order valence-corrected chi connectivity index (χ0v) is 7.87. The summed E-state index contributed by atoms with van der Waals surface area (Å²) in [5.41, 5.74) is 4.11. The number of amides is 1. The molecule has 2 rings (SSSR count). The van der Waals surface area contributed by atoms with E-state index in [1.54, 1.807) is 0 Å². The smallest absolute Gasteiger partial charge is 0.251 e. The minimum absolute atomic E-state index is 0.150. The predicted molar refractivity (Wildman–Crippen MR) is 49.6 cm³/mol. The summed E-state index contributed by atoms with van der Waals surface area (Å²) in [6.45, 7) is 0.299. The van der Waals surface area contributed by atoms with Crippen molar-refractivity contribution in [3.8, 4) is 0 Å². The van der Waals surface area contributed by atoms with Gasteiger partial charge in [0, 0.05) is 0 Å². The van der Waals surface area contributed by atoms with Gasteiger partial charge in [-0.1, -0.05) is 6.07 Å². The van der Waals surface area contributed by atoms with Crippen molar-refractivity contribution in [1.29, 1.82) is 0 Å². The van der Waals surface area contributed by atoms with E-state index in [0.717, 1.165) is 6.07 Å².